The first kappa shape index (κ1) is 19.2. The highest BCUT2D eigenvalue weighted by Crippen LogP contribution is 2.27. The highest BCUT2D eigenvalue weighted by atomic mass is 32.2. The minimum Gasteiger partial charge on any atom is -0.493 e. The number of carboxylic acids is 2. The number of rotatable bonds is 8. The number of amides is 1. The summed E-state index contributed by atoms with van der Waals surface area (Å²) < 4.78 is 10.2. The number of aliphatic carboxylic acids is 2. The molecule has 1 aromatic rings. The molecule has 0 aromatic heterocycles. The van der Waals surface area contributed by atoms with Gasteiger partial charge >= 0.3 is 11.9 Å². The molecule has 1 aliphatic rings. The van der Waals surface area contributed by atoms with Gasteiger partial charge in [0.2, 0.25) is 5.91 Å². The Morgan fingerprint density at radius 3 is 2.73 bits per heavy atom. The lowest BCUT2D eigenvalue weighted by Crippen LogP contribution is -2.26. The minimum atomic E-state index is -1.11. The third-order valence-electron chi connectivity index (χ3n) is 3.03. The van der Waals surface area contributed by atoms with Crippen LogP contribution in [0.2, 0.25) is 0 Å². The molecule has 10 nitrogen and oxygen atoms in total. The predicted molar refractivity (Wildman–Crippen MR) is 92.9 cm³/mol. The molecule has 1 amide bonds. The quantitative estimate of drug-likeness (QED) is 0.437. The summed E-state index contributed by atoms with van der Waals surface area (Å²) >= 11 is 0.996. The second-order valence-corrected chi connectivity index (χ2v) is 6.13. The molecule has 1 aliphatic heterocycles. The summed E-state index contributed by atoms with van der Waals surface area (Å²) in [5, 5.41) is 27.0. The SMILES string of the molecule is COc1cc(/C=N\N=C2\NC(=O)[C@H](CC(=O)O)S2)ccc1OCC(=O)O. The first-order chi connectivity index (χ1) is 12.4. The molecule has 0 bridgehead atoms. The lowest BCUT2D eigenvalue weighted by atomic mass is 10.2. The molecule has 1 heterocycles. The molecule has 3 N–H and O–H groups in total. The average Bonchev–Trinajstić information content (AvgIpc) is 2.92. The third-order valence-corrected chi connectivity index (χ3v) is 4.10. The van der Waals surface area contributed by atoms with E-state index in [4.69, 9.17) is 19.7 Å². The third kappa shape index (κ3) is 5.48. The van der Waals surface area contributed by atoms with Crippen LogP contribution in [0.1, 0.15) is 12.0 Å². The summed E-state index contributed by atoms with van der Waals surface area (Å²) in [6, 6.07) is 4.73. The number of benzene rings is 1. The number of hydrogen-bond donors (Lipinski definition) is 3. The topological polar surface area (TPSA) is 147 Å². The van der Waals surface area contributed by atoms with Crippen molar-refractivity contribution >= 4 is 41.0 Å². The van der Waals surface area contributed by atoms with Crippen molar-refractivity contribution in [3.05, 3.63) is 23.8 Å². The molecule has 0 radical (unpaired) electrons. The van der Waals surface area contributed by atoms with E-state index in [0.29, 0.717) is 11.3 Å². The second-order valence-electron chi connectivity index (χ2n) is 4.94. The summed E-state index contributed by atoms with van der Waals surface area (Å²) in [6.07, 6.45) is 1.10. The molecule has 0 saturated carbocycles. The zero-order chi connectivity index (χ0) is 19.1. The zero-order valence-electron chi connectivity index (χ0n) is 13.5. The van der Waals surface area contributed by atoms with Crippen molar-refractivity contribution in [2.75, 3.05) is 13.7 Å². The fraction of sp³-hybridized carbons (Fsp3) is 0.267. The number of nitrogens with one attached hydrogen (secondary N) is 1. The molecule has 138 valence electrons. The van der Waals surface area contributed by atoms with Crippen LogP contribution in [-0.2, 0) is 14.4 Å². The van der Waals surface area contributed by atoms with Crippen molar-refractivity contribution in [1.82, 2.24) is 5.32 Å². The Labute approximate surface area is 151 Å². The van der Waals surface area contributed by atoms with Crippen LogP contribution in [0.25, 0.3) is 0 Å². The Morgan fingerprint density at radius 2 is 2.08 bits per heavy atom. The molecule has 1 fully saturated rings. The van der Waals surface area contributed by atoms with Gasteiger partial charge in [0.1, 0.15) is 5.25 Å². The summed E-state index contributed by atoms with van der Waals surface area (Å²) in [7, 11) is 1.41. The predicted octanol–water partition coefficient (Wildman–Crippen LogP) is 0.555. The highest BCUT2D eigenvalue weighted by Gasteiger charge is 2.32. The van der Waals surface area contributed by atoms with Crippen LogP contribution in [0.5, 0.6) is 11.5 Å². The largest absolute Gasteiger partial charge is 0.493 e. The van der Waals surface area contributed by atoms with Crippen LogP contribution >= 0.6 is 11.8 Å². The number of hydrogen-bond acceptors (Lipinski definition) is 8. The van der Waals surface area contributed by atoms with Crippen molar-refractivity contribution in [2.24, 2.45) is 10.2 Å². The molecule has 11 heteroatoms. The number of carboxylic acid groups (broad SMARTS) is 2. The van der Waals surface area contributed by atoms with Gasteiger partial charge < -0.3 is 25.0 Å². The maximum atomic E-state index is 11.6. The van der Waals surface area contributed by atoms with E-state index in [-0.39, 0.29) is 17.3 Å². The fourth-order valence-electron chi connectivity index (χ4n) is 1.92. The number of carbonyl (C=O) groups excluding carboxylic acids is 1. The Hall–Kier alpha value is -3.08. The molecule has 2 rings (SSSR count). The van der Waals surface area contributed by atoms with E-state index in [1.807, 2.05) is 0 Å². The van der Waals surface area contributed by atoms with Gasteiger partial charge in [-0.2, -0.15) is 5.10 Å². The summed E-state index contributed by atoms with van der Waals surface area (Å²) in [5.74, 6) is -2.00. The van der Waals surface area contributed by atoms with Crippen molar-refractivity contribution in [3.8, 4) is 11.5 Å². The summed E-state index contributed by atoms with van der Waals surface area (Å²) in [4.78, 5) is 32.8. The molecule has 0 aliphatic carbocycles. The lowest BCUT2D eigenvalue weighted by Gasteiger charge is -2.09. The molecular formula is C15H15N3O7S. The van der Waals surface area contributed by atoms with E-state index in [0.717, 1.165) is 11.8 Å². The number of amidine groups is 1. The monoisotopic (exact) mass is 381 g/mol. The Morgan fingerprint density at radius 1 is 1.31 bits per heavy atom. The number of methoxy groups -OCH3 is 1. The van der Waals surface area contributed by atoms with E-state index >= 15 is 0 Å². The number of nitrogens with zero attached hydrogens (tertiary/aromatic N) is 2. The first-order valence-electron chi connectivity index (χ1n) is 7.22. The molecule has 0 spiro atoms. The minimum absolute atomic E-state index is 0.214. The smallest absolute Gasteiger partial charge is 0.341 e. The maximum Gasteiger partial charge on any atom is 0.341 e. The van der Waals surface area contributed by atoms with Crippen LogP contribution in [0.3, 0.4) is 0 Å². The van der Waals surface area contributed by atoms with Gasteiger partial charge in [0.25, 0.3) is 0 Å². The van der Waals surface area contributed by atoms with Gasteiger partial charge in [-0.25, -0.2) is 4.79 Å². The molecule has 1 saturated heterocycles. The van der Waals surface area contributed by atoms with Crippen LogP contribution in [0.15, 0.2) is 28.4 Å². The van der Waals surface area contributed by atoms with E-state index < -0.39 is 29.7 Å². The lowest BCUT2D eigenvalue weighted by molar-refractivity contribution is -0.139. The molecule has 0 unspecified atom stereocenters. The number of carbonyl (C=O) groups is 3. The van der Waals surface area contributed by atoms with Gasteiger partial charge in [-0.3, -0.25) is 9.59 Å². The average molecular weight is 381 g/mol. The summed E-state index contributed by atoms with van der Waals surface area (Å²) in [5.41, 5.74) is 0.602. The zero-order valence-corrected chi connectivity index (χ0v) is 14.4. The fourth-order valence-corrected chi connectivity index (χ4v) is 2.83. The van der Waals surface area contributed by atoms with Crippen LogP contribution in [0.4, 0.5) is 0 Å². The second kappa shape index (κ2) is 8.85. The number of thioether (sulfide) groups is 1. The molecular weight excluding hydrogens is 366 g/mol. The molecule has 1 atom stereocenters. The van der Waals surface area contributed by atoms with Gasteiger partial charge in [0, 0.05) is 0 Å². The van der Waals surface area contributed by atoms with E-state index in [2.05, 4.69) is 15.5 Å². The van der Waals surface area contributed by atoms with Gasteiger partial charge in [-0.1, -0.05) is 11.8 Å². The Bertz CT molecular complexity index is 779. The highest BCUT2D eigenvalue weighted by molar-refractivity contribution is 8.15. The standard InChI is InChI=1S/C15H15N3O7S/c1-24-10-4-8(2-3-9(10)25-7-13(21)22)6-16-18-15-17-14(23)11(26-15)5-12(19)20/h2-4,6,11H,5,7H2,1H3,(H,19,20)(H,21,22)(H,17,18,23)/b16-6-/t11-/m0/s1. The van der Waals surface area contributed by atoms with Crippen molar-refractivity contribution in [2.45, 2.75) is 11.7 Å². The van der Waals surface area contributed by atoms with E-state index in [9.17, 15) is 14.4 Å². The molecule has 26 heavy (non-hydrogen) atoms. The van der Waals surface area contributed by atoms with Crippen molar-refractivity contribution < 1.29 is 34.1 Å². The summed E-state index contributed by atoms with van der Waals surface area (Å²) in [6.45, 7) is -0.494. The van der Waals surface area contributed by atoms with Crippen molar-refractivity contribution in [3.63, 3.8) is 0 Å². The molecule has 1 aromatic carbocycles. The van der Waals surface area contributed by atoms with E-state index in [1.54, 1.807) is 12.1 Å². The van der Waals surface area contributed by atoms with Gasteiger partial charge in [0.05, 0.1) is 19.7 Å². The number of ether oxygens (including phenoxy) is 2. The first-order valence-corrected chi connectivity index (χ1v) is 8.10. The van der Waals surface area contributed by atoms with Gasteiger partial charge in [-0.05, 0) is 23.8 Å². The van der Waals surface area contributed by atoms with Gasteiger partial charge in [0.15, 0.2) is 23.3 Å². The normalized spacial score (nSPS) is 18.1. The Balaban J connectivity index is 2.03. The maximum absolute atomic E-state index is 11.6. The van der Waals surface area contributed by atoms with Crippen LogP contribution in [0, 0.1) is 0 Å². The van der Waals surface area contributed by atoms with Crippen molar-refractivity contribution in [1.29, 1.82) is 0 Å². The van der Waals surface area contributed by atoms with E-state index in [1.165, 1.54) is 19.4 Å². The van der Waals surface area contributed by atoms with Crippen LogP contribution in [-0.4, -0.2) is 58.4 Å². The Kier molecular flexibility index (Phi) is 6.55. The van der Waals surface area contributed by atoms with Gasteiger partial charge in [-0.15, -0.1) is 5.10 Å². The van der Waals surface area contributed by atoms with Crippen LogP contribution < -0.4 is 14.8 Å².